The summed E-state index contributed by atoms with van der Waals surface area (Å²) in [6.07, 6.45) is 1.59. The summed E-state index contributed by atoms with van der Waals surface area (Å²) in [5.41, 5.74) is 5.36. The van der Waals surface area contributed by atoms with Crippen LogP contribution in [0.25, 0.3) is 0 Å². The second-order valence-corrected chi connectivity index (χ2v) is 4.96. The van der Waals surface area contributed by atoms with E-state index in [2.05, 4.69) is 9.98 Å². The van der Waals surface area contributed by atoms with E-state index in [1.54, 1.807) is 11.6 Å². The first-order valence-electron chi connectivity index (χ1n) is 2.81. The minimum atomic E-state index is -1.66. The van der Waals surface area contributed by atoms with E-state index in [0.29, 0.717) is 5.13 Å². The Hall–Kier alpha value is -0.0300. The highest BCUT2D eigenvalue weighted by molar-refractivity contribution is 7.13. The number of nitrogens with zero attached hydrogens (tertiary/aromatic N) is 2. The van der Waals surface area contributed by atoms with Crippen LogP contribution in [0.2, 0.25) is 0 Å². The number of halogens is 3. The maximum absolute atomic E-state index is 5.45. The number of aromatic nitrogens is 1. The van der Waals surface area contributed by atoms with Crippen molar-refractivity contribution in [3.05, 3.63) is 11.6 Å². The van der Waals surface area contributed by atoms with Gasteiger partial charge in [0.15, 0.2) is 5.84 Å². The van der Waals surface area contributed by atoms with E-state index in [4.69, 9.17) is 40.5 Å². The average molecular weight is 245 g/mol. The lowest BCUT2D eigenvalue weighted by atomic mass is 10.7. The first kappa shape index (κ1) is 10.1. The summed E-state index contributed by atoms with van der Waals surface area (Å²) in [6, 6.07) is 0. The van der Waals surface area contributed by atoms with Crippen LogP contribution in [-0.4, -0.2) is 14.6 Å². The van der Waals surface area contributed by atoms with Gasteiger partial charge in [0.1, 0.15) is 0 Å². The molecule has 0 radical (unpaired) electrons. The van der Waals surface area contributed by atoms with Crippen molar-refractivity contribution in [1.29, 1.82) is 0 Å². The molecule has 0 bridgehead atoms. The molecule has 0 aliphatic rings. The van der Waals surface area contributed by atoms with Gasteiger partial charge in [0, 0.05) is 11.6 Å². The molecule has 3 nitrogen and oxygen atoms in total. The van der Waals surface area contributed by atoms with E-state index in [0.717, 1.165) is 0 Å². The minimum Gasteiger partial charge on any atom is -0.383 e. The molecule has 0 atom stereocenters. The first-order chi connectivity index (χ1) is 5.50. The summed E-state index contributed by atoms with van der Waals surface area (Å²) in [5, 5.41) is 2.23. The molecule has 0 aliphatic heterocycles. The molecule has 1 aromatic heterocycles. The Bertz CT molecular complexity index is 277. The predicted octanol–water partition coefficient (Wildman–Crippen LogP) is 2.50. The average Bonchev–Trinajstić information content (AvgIpc) is 2.37. The van der Waals surface area contributed by atoms with Crippen LogP contribution >= 0.6 is 46.1 Å². The molecule has 1 heterocycles. The molecule has 0 spiro atoms. The zero-order chi connectivity index (χ0) is 9.19. The number of aliphatic imine (C=N–C) groups is 1. The Morgan fingerprint density at radius 1 is 1.58 bits per heavy atom. The van der Waals surface area contributed by atoms with Gasteiger partial charge in [0.25, 0.3) is 0 Å². The zero-order valence-electron chi connectivity index (χ0n) is 5.67. The van der Waals surface area contributed by atoms with Crippen molar-refractivity contribution >= 4 is 57.1 Å². The van der Waals surface area contributed by atoms with Gasteiger partial charge >= 0.3 is 0 Å². The van der Waals surface area contributed by atoms with Crippen molar-refractivity contribution in [3.63, 3.8) is 0 Å². The lowest BCUT2D eigenvalue weighted by Crippen LogP contribution is -2.27. The molecule has 0 saturated carbocycles. The summed E-state index contributed by atoms with van der Waals surface area (Å²) in [4.78, 5) is 7.64. The van der Waals surface area contributed by atoms with Crippen molar-refractivity contribution in [2.75, 3.05) is 0 Å². The smallest absolute Gasteiger partial charge is 0.247 e. The Morgan fingerprint density at radius 2 is 2.25 bits per heavy atom. The summed E-state index contributed by atoms with van der Waals surface area (Å²) >= 11 is 17.7. The van der Waals surface area contributed by atoms with Gasteiger partial charge in [0.2, 0.25) is 8.92 Å². The molecule has 66 valence electrons. The first-order valence-corrected chi connectivity index (χ1v) is 4.82. The number of nitrogens with two attached hydrogens (primary N) is 1. The van der Waals surface area contributed by atoms with Crippen LogP contribution in [0.15, 0.2) is 16.6 Å². The zero-order valence-corrected chi connectivity index (χ0v) is 8.75. The van der Waals surface area contributed by atoms with Gasteiger partial charge in [-0.25, -0.2) is 9.98 Å². The number of thiazole rings is 1. The van der Waals surface area contributed by atoms with Gasteiger partial charge in [-0.3, -0.25) is 0 Å². The maximum atomic E-state index is 5.45. The van der Waals surface area contributed by atoms with Crippen LogP contribution < -0.4 is 5.73 Å². The summed E-state index contributed by atoms with van der Waals surface area (Å²) < 4.78 is -1.66. The van der Waals surface area contributed by atoms with Crippen molar-refractivity contribution in [2.24, 2.45) is 10.7 Å². The van der Waals surface area contributed by atoms with E-state index in [9.17, 15) is 0 Å². The molecule has 2 N–H and O–H groups in total. The molecule has 0 unspecified atom stereocenters. The van der Waals surface area contributed by atoms with Crippen molar-refractivity contribution in [3.8, 4) is 0 Å². The van der Waals surface area contributed by atoms with Crippen LogP contribution in [0.5, 0.6) is 0 Å². The Labute approximate surface area is 88.2 Å². The van der Waals surface area contributed by atoms with E-state index in [-0.39, 0.29) is 5.84 Å². The third-order valence-electron chi connectivity index (χ3n) is 0.926. The Balaban J connectivity index is 2.84. The highest BCUT2D eigenvalue weighted by Crippen LogP contribution is 2.28. The number of hydrogen-bond donors (Lipinski definition) is 1. The highest BCUT2D eigenvalue weighted by Gasteiger charge is 2.25. The van der Waals surface area contributed by atoms with Gasteiger partial charge in [-0.05, 0) is 0 Å². The van der Waals surface area contributed by atoms with Crippen molar-refractivity contribution in [1.82, 2.24) is 4.98 Å². The van der Waals surface area contributed by atoms with E-state index >= 15 is 0 Å². The van der Waals surface area contributed by atoms with Crippen LogP contribution in [-0.2, 0) is 0 Å². The van der Waals surface area contributed by atoms with Gasteiger partial charge in [-0.15, -0.1) is 11.3 Å². The summed E-state index contributed by atoms with van der Waals surface area (Å²) in [6.45, 7) is 0. The minimum absolute atomic E-state index is 0.0811. The molecule has 0 saturated heterocycles. The third kappa shape index (κ3) is 2.79. The fraction of sp³-hybridized carbons (Fsp3) is 0.200. The van der Waals surface area contributed by atoms with Crippen LogP contribution in [0.4, 0.5) is 5.13 Å². The molecule has 1 rings (SSSR count). The van der Waals surface area contributed by atoms with Crippen LogP contribution in [0.1, 0.15) is 0 Å². The summed E-state index contributed by atoms with van der Waals surface area (Å²) in [5.74, 6) is -0.0811. The van der Waals surface area contributed by atoms with E-state index in [1.807, 2.05) is 0 Å². The van der Waals surface area contributed by atoms with Gasteiger partial charge in [-0.2, -0.15) is 0 Å². The molecule has 0 aliphatic carbocycles. The topological polar surface area (TPSA) is 51.3 Å². The maximum Gasteiger partial charge on any atom is 0.247 e. The van der Waals surface area contributed by atoms with Gasteiger partial charge in [0.05, 0.1) is 0 Å². The second-order valence-electron chi connectivity index (χ2n) is 1.81. The number of hydrogen-bond acceptors (Lipinski definition) is 3. The van der Waals surface area contributed by atoms with E-state index < -0.39 is 3.79 Å². The quantitative estimate of drug-likeness (QED) is 0.469. The molecule has 12 heavy (non-hydrogen) atoms. The Kier molecular flexibility index (Phi) is 3.17. The van der Waals surface area contributed by atoms with Crippen LogP contribution in [0, 0.1) is 0 Å². The fourth-order valence-corrected chi connectivity index (χ4v) is 1.08. The lowest BCUT2D eigenvalue weighted by molar-refractivity contribution is 1.31. The monoisotopic (exact) mass is 243 g/mol. The van der Waals surface area contributed by atoms with Crippen LogP contribution in [0.3, 0.4) is 0 Å². The number of amidine groups is 1. The van der Waals surface area contributed by atoms with Crippen molar-refractivity contribution in [2.45, 2.75) is 3.79 Å². The predicted molar refractivity (Wildman–Crippen MR) is 53.7 cm³/mol. The Morgan fingerprint density at radius 3 is 2.67 bits per heavy atom. The molecule has 1 aromatic rings. The third-order valence-corrected chi connectivity index (χ3v) is 2.17. The largest absolute Gasteiger partial charge is 0.383 e. The number of rotatable bonds is 1. The molecular formula is C5H4Cl3N3S. The molecule has 0 amide bonds. The van der Waals surface area contributed by atoms with Gasteiger partial charge in [-0.1, -0.05) is 34.8 Å². The molecular weight excluding hydrogens is 241 g/mol. The normalized spacial score (nSPS) is 13.4. The molecule has 0 fully saturated rings. The molecule has 7 heteroatoms. The second kappa shape index (κ2) is 3.79. The fourth-order valence-electron chi connectivity index (χ4n) is 0.438. The summed E-state index contributed by atoms with van der Waals surface area (Å²) in [7, 11) is 0. The van der Waals surface area contributed by atoms with Gasteiger partial charge < -0.3 is 5.73 Å². The SMILES string of the molecule is N/C(=N\c1nccs1)C(Cl)(Cl)Cl. The molecule has 0 aromatic carbocycles. The van der Waals surface area contributed by atoms with E-state index in [1.165, 1.54) is 11.3 Å². The highest BCUT2D eigenvalue weighted by atomic mass is 35.6. The number of alkyl halides is 3. The van der Waals surface area contributed by atoms with Crippen molar-refractivity contribution < 1.29 is 0 Å². The lowest BCUT2D eigenvalue weighted by Gasteiger charge is -2.07. The standard InChI is InChI=1S/C5H4Cl3N3S/c6-5(7,8)3(9)11-4-10-1-2-12-4/h1-2H,(H2,9,10,11).